The van der Waals surface area contributed by atoms with Gasteiger partial charge in [0.2, 0.25) is 0 Å². The van der Waals surface area contributed by atoms with Crippen molar-refractivity contribution in [1.82, 2.24) is 0 Å². The van der Waals surface area contributed by atoms with E-state index >= 15 is 0 Å². The minimum atomic E-state index is -0.933. The van der Waals surface area contributed by atoms with Crippen molar-refractivity contribution in [3.05, 3.63) is 141 Å². The smallest absolute Gasteiger partial charge is 0.336 e. The van der Waals surface area contributed by atoms with Crippen molar-refractivity contribution < 1.29 is 9.90 Å². The average molecular weight is 780 g/mol. The number of carbonyl (C=O) groups is 1. The van der Waals surface area contributed by atoms with Gasteiger partial charge in [0.1, 0.15) is 0 Å². The summed E-state index contributed by atoms with van der Waals surface area (Å²) in [7, 11) is 0. The van der Waals surface area contributed by atoms with E-state index in [1.807, 2.05) is 0 Å². The van der Waals surface area contributed by atoms with Crippen molar-refractivity contribution in [2.75, 3.05) is 0 Å². The fourth-order valence-electron chi connectivity index (χ4n) is 7.79. The van der Waals surface area contributed by atoms with E-state index in [4.69, 9.17) is 0 Å². The molecule has 0 fully saturated rings. The highest BCUT2D eigenvalue weighted by Gasteiger charge is 2.27. The van der Waals surface area contributed by atoms with Gasteiger partial charge in [0.15, 0.2) is 0 Å². The third-order valence-corrected chi connectivity index (χ3v) is 11.3. The van der Waals surface area contributed by atoms with Gasteiger partial charge in [0, 0.05) is 9.86 Å². The van der Waals surface area contributed by atoms with Crippen LogP contribution in [0.2, 0.25) is 0 Å². The Balaban J connectivity index is 1.78. The molecule has 6 aromatic rings. The first-order valence-corrected chi connectivity index (χ1v) is 21.1. The number of rotatable bonds is 17. The van der Waals surface area contributed by atoms with Crippen LogP contribution in [0.1, 0.15) is 112 Å². The Morgan fingerprint density at radius 2 is 0.778 bits per heavy atom. The SMILES string of the molecule is CCCCc1ccc(-c2c(-c3ccc(CCCC)cc3)c(-c3ccc(CCCC)cc3)c3c(C(=O)O)cc(Br)cc3c2-c2ccc(CCCC)cc2)cc1. The highest BCUT2D eigenvalue weighted by molar-refractivity contribution is 9.10. The molecule has 0 unspecified atom stereocenters. The standard InChI is InChI=1S/C51H55BrO2/c1-5-9-13-35-17-25-39(26-18-35)46-44-33-43(52)34-45(51(53)54)50(44)49(42-31-23-38(24-32-42)16-12-8-4)48(41-29-21-37(22-30-41)15-11-7-3)47(46)40-27-19-36(20-28-40)14-10-6-2/h17-34H,5-16H2,1-4H3,(H,53,54). The Morgan fingerprint density at radius 3 is 1.11 bits per heavy atom. The lowest BCUT2D eigenvalue weighted by Crippen LogP contribution is -2.04. The van der Waals surface area contributed by atoms with Crippen LogP contribution in [-0.2, 0) is 25.7 Å². The predicted molar refractivity (Wildman–Crippen MR) is 235 cm³/mol. The van der Waals surface area contributed by atoms with Crippen LogP contribution in [0.25, 0.3) is 55.3 Å². The van der Waals surface area contributed by atoms with Gasteiger partial charge in [-0.15, -0.1) is 0 Å². The molecule has 2 nitrogen and oxygen atoms in total. The average Bonchev–Trinajstić information content (AvgIpc) is 3.20. The molecule has 0 spiro atoms. The van der Waals surface area contributed by atoms with Crippen molar-refractivity contribution in [1.29, 1.82) is 0 Å². The molecule has 0 amide bonds. The van der Waals surface area contributed by atoms with Gasteiger partial charge in [-0.3, -0.25) is 0 Å². The number of carboxylic acids is 1. The maximum Gasteiger partial charge on any atom is 0.336 e. The molecule has 0 saturated carbocycles. The number of hydrogen-bond donors (Lipinski definition) is 1. The molecule has 0 aromatic heterocycles. The summed E-state index contributed by atoms with van der Waals surface area (Å²) in [4.78, 5) is 13.4. The van der Waals surface area contributed by atoms with Gasteiger partial charge in [-0.05, 0) is 136 Å². The van der Waals surface area contributed by atoms with E-state index in [0.717, 1.165) is 137 Å². The number of unbranched alkanes of at least 4 members (excludes halogenated alkanes) is 4. The molecular formula is C51H55BrO2. The molecule has 0 radical (unpaired) electrons. The van der Waals surface area contributed by atoms with Gasteiger partial charge >= 0.3 is 5.97 Å². The second-order valence-electron chi connectivity index (χ2n) is 14.9. The summed E-state index contributed by atoms with van der Waals surface area (Å²) in [5.41, 5.74) is 14.1. The number of hydrogen-bond acceptors (Lipinski definition) is 1. The fraction of sp³-hybridized carbons (Fsp3) is 0.314. The van der Waals surface area contributed by atoms with Gasteiger partial charge in [0.05, 0.1) is 5.56 Å². The first kappa shape index (κ1) is 39.2. The molecule has 3 heteroatoms. The third-order valence-electron chi connectivity index (χ3n) is 10.8. The second kappa shape index (κ2) is 18.7. The van der Waals surface area contributed by atoms with E-state index < -0.39 is 5.97 Å². The summed E-state index contributed by atoms with van der Waals surface area (Å²) >= 11 is 3.76. The van der Waals surface area contributed by atoms with Gasteiger partial charge in [-0.25, -0.2) is 4.79 Å². The highest BCUT2D eigenvalue weighted by atomic mass is 79.9. The molecule has 0 atom stereocenters. The van der Waals surface area contributed by atoms with Crippen molar-refractivity contribution in [2.24, 2.45) is 0 Å². The molecule has 6 aromatic carbocycles. The van der Waals surface area contributed by atoms with E-state index in [9.17, 15) is 9.90 Å². The maximum atomic E-state index is 13.4. The molecular weight excluding hydrogens is 724 g/mol. The molecule has 278 valence electrons. The molecule has 0 bridgehead atoms. The highest BCUT2D eigenvalue weighted by Crippen LogP contribution is 2.52. The summed E-state index contributed by atoms with van der Waals surface area (Å²) in [6.45, 7) is 8.93. The van der Waals surface area contributed by atoms with Crippen LogP contribution < -0.4 is 0 Å². The molecule has 0 heterocycles. The van der Waals surface area contributed by atoms with Crippen LogP contribution in [0.15, 0.2) is 114 Å². The normalized spacial score (nSPS) is 11.4. The maximum absolute atomic E-state index is 13.4. The van der Waals surface area contributed by atoms with Crippen molar-refractivity contribution in [3.8, 4) is 44.5 Å². The second-order valence-corrected chi connectivity index (χ2v) is 15.8. The van der Waals surface area contributed by atoms with E-state index in [-0.39, 0.29) is 0 Å². The van der Waals surface area contributed by atoms with Crippen LogP contribution in [-0.4, -0.2) is 11.1 Å². The van der Waals surface area contributed by atoms with Crippen molar-refractivity contribution in [2.45, 2.75) is 105 Å². The fourth-order valence-corrected chi connectivity index (χ4v) is 8.25. The van der Waals surface area contributed by atoms with Crippen LogP contribution in [0.5, 0.6) is 0 Å². The molecule has 54 heavy (non-hydrogen) atoms. The van der Waals surface area contributed by atoms with E-state index in [2.05, 4.69) is 147 Å². The predicted octanol–water partition coefficient (Wildman–Crippen LogP) is 15.3. The Bertz CT molecular complexity index is 2160. The van der Waals surface area contributed by atoms with Gasteiger partial charge < -0.3 is 5.11 Å². The number of fused-ring (bicyclic) bond motifs is 1. The summed E-state index contributed by atoms with van der Waals surface area (Å²) in [6.07, 6.45) is 13.4. The quantitative estimate of drug-likeness (QED) is 0.100. The zero-order chi connectivity index (χ0) is 38.0. The Labute approximate surface area is 331 Å². The first-order valence-electron chi connectivity index (χ1n) is 20.3. The Kier molecular flexibility index (Phi) is 13.6. The van der Waals surface area contributed by atoms with Crippen LogP contribution in [0.3, 0.4) is 0 Å². The molecule has 0 saturated heterocycles. The van der Waals surface area contributed by atoms with E-state index in [1.54, 1.807) is 6.07 Å². The van der Waals surface area contributed by atoms with Gasteiger partial charge in [0.25, 0.3) is 0 Å². The molecule has 0 aliphatic heterocycles. The summed E-state index contributed by atoms with van der Waals surface area (Å²) in [6, 6.07) is 40.1. The zero-order valence-corrected chi connectivity index (χ0v) is 34.2. The van der Waals surface area contributed by atoms with E-state index in [1.165, 1.54) is 22.3 Å². The van der Waals surface area contributed by atoms with Crippen LogP contribution in [0, 0.1) is 0 Å². The lowest BCUT2D eigenvalue weighted by molar-refractivity contribution is 0.0699. The summed E-state index contributed by atoms with van der Waals surface area (Å²) < 4.78 is 0.753. The lowest BCUT2D eigenvalue weighted by Gasteiger charge is -2.26. The van der Waals surface area contributed by atoms with E-state index in [0.29, 0.717) is 5.56 Å². The zero-order valence-electron chi connectivity index (χ0n) is 32.6. The summed E-state index contributed by atoms with van der Waals surface area (Å²) in [5, 5.41) is 12.6. The number of aryl methyl sites for hydroxylation is 4. The topological polar surface area (TPSA) is 37.3 Å². The molecule has 0 aliphatic carbocycles. The number of aromatic carboxylic acids is 1. The molecule has 6 rings (SSSR count). The van der Waals surface area contributed by atoms with Crippen molar-refractivity contribution >= 4 is 32.7 Å². The van der Waals surface area contributed by atoms with Crippen LogP contribution in [0.4, 0.5) is 0 Å². The third kappa shape index (κ3) is 8.90. The van der Waals surface area contributed by atoms with Gasteiger partial charge in [-0.1, -0.05) is 166 Å². The van der Waals surface area contributed by atoms with Gasteiger partial charge in [-0.2, -0.15) is 0 Å². The molecule has 0 aliphatic rings. The minimum Gasteiger partial charge on any atom is -0.478 e. The Morgan fingerprint density at radius 1 is 0.463 bits per heavy atom. The Hall–Kier alpha value is -4.47. The van der Waals surface area contributed by atoms with Crippen molar-refractivity contribution in [3.63, 3.8) is 0 Å². The molecule has 1 N–H and O–H groups in total. The lowest BCUT2D eigenvalue weighted by atomic mass is 9.77. The number of carboxylic acid groups (broad SMARTS) is 1. The largest absolute Gasteiger partial charge is 0.478 e. The first-order chi connectivity index (χ1) is 26.4. The monoisotopic (exact) mass is 778 g/mol. The number of halogens is 1. The minimum absolute atomic E-state index is 0.299. The number of benzene rings is 6. The van der Waals surface area contributed by atoms with Crippen LogP contribution >= 0.6 is 15.9 Å². The summed E-state index contributed by atoms with van der Waals surface area (Å²) in [5.74, 6) is -0.933.